The molecule has 1 amide bonds. The van der Waals surface area contributed by atoms with Gasteiger partial charge in [0.2, 0.25) is 0 Å². The Kier molecular flexibility index (Phi) is 4.80. The molecule has 3 N–H and O–H groups in total. The number of hydrogen-bond acceptors (Lipinski definition) is 4. The maximum atomic E-state index is 11.7. The lowest BCUT2D eigenvalue weighted by Crippen LogP contribution is -2.49. The van der Waals surface area contributed by atoms with Crippen LogP contribution in [-0.2, 0) is 22.4 Å². The minimum atomic E-state index is -1.33. The zero-order chi connectivity index (χ0) is 15.4. The van der Waals surface area contributed by atoms with E-state index in [0.717, 1.165) is 19.3 Å². The Labute approximate surface area is 122 Å². The van der Waals surface area contributed by atoms with Gasteiger partial charge >= 0.3 is 5.97 Å². The summed E-state index contributed by atoms with van der Waals surface area (Å²) in [5.41, 5.74) is 2.55. The Balaban J connectivity index is 1.88. The van der Waals surface area contributed by atoms with Gasteiger partial charge in [0, 0.05) is 0 Å². The Bertz CT molecular complexity index is 541. The number of hydrogen-bond donors (Lipinski definition) is 3. The molecular formula is C15H19NO5. The molecule has 0 fully saturated rings. The lowest BCUT2D eigenvalue weighted by molar-refractivity contribution is -0.145. The number of fused-ring (bicyclic) bond motifs is 1. The molecule has 0 aliphatic heterocycles. The number of aliphatic hydroxyl groups is 1. The average molecular weight is 293 g/mol. The Morgan fingerprint density at radius 3 is 2.71 bits per heavy atom. The van der Waals surface area contributed by atoms with E-state index >= 15 is 0 Å². The zero-order valence-corrected chi connectivity index (χ0v) is 11.8. The number of amides is 1. The van der Waals surface area contributed by atoms with Gasteiger partial charge < -0.3 is 20.3 Å². The first-order valence-corrected chi connectivity index (χ1v) is 6.92. The van der Waals surface area contributed by atoms with Crippen LogP contribution in [0.2, 0.25) is 0 Å². The summed E-state index contributed by atoms with van der Waals surface area (Å²) in [6.45, 7) is 1.02. The molecule has 2 atom stereocenters. The molecule has 0 heterocycles. The van der Waals surface area contributed by atoms with Crippen LogP contribution in [0.4, 0.5) is 0 Å². The maximum Gasteiger partial charge on any atom is 0.328 e. The highest BCUT2D eigenvalue weighted by atomic mass is 16.5. The number of carboxylic acids is 1. The van der Waals surface area contributed by atoms with Crippen molar-refractivity contribution in [1.29, 1.82) is 0 Å². The Morgan fingerprint density at radius 1 is 1.33 bits per heavy atom. The van der Waals surface area contributed by atoms with Crippen LogP contribution >= 0.6 is 0 Å². The summed E-state index contributed by atoms with van der Waals surface area (Å²) in [5.74, 6) is -1.27. The summed E-state index contributed by atoms with van der Waals surface area (Å²) in [4.78, 5) is 22.5. The van der Waals surface area contributed by atoms with Gasteiger partial charge in [-0.1, -0.05) is 6.07 Å². The highest BCUT2D eigenvalue weighted by molar-refractivity contribution is 5.84. The lowest BCUT2D eigenvalue weighted by Gasteiger charge is -2.17. The number of benzene rings is 1. The monoisotopic (exact) mass is 293 g/mol. The standard InChI is InChI=1S/C15H19NO5/c1-9(17)14(15(19)20)16-13(18)8-21-12-6-5-10-3-2-4-11(10)7-12/h5-7,9,14,17H,2-4,8H2,1H3,(H,16,18)(H,19,20)/t9-,14+/m1/s1. The van der Waals surface area contributed by atoms with Crippen molar-refractivity contribution < 1.29 is 24.5 Å². The lowest BCUT2D eigenvalue weighted by atomic mass is 10.1. The van der Waals surface area contributed by atoms with Gasteiger partial charge in [-0.3, -0.25) is 4.79 Å². The normalized spacial score (nSPS) is 15.9. The van der Waals surface area contributed by atoms with Crippen molar-refractivity contribution in [1.82, 2.24) is 5.32 Å². The molecule has 2 rings (SSSR count). The molecule has 0 radical (unpaired) electrons. The van der Waals surface area contributed by atoms with Gasteiger partial charge in [0.25, 0.3) is 5.91 Å². The largest absolute Gasteiger partial charge is 0.484 e. The molecule has 0 aromatic heterocycles. The van der Waals surface area contributed by atoms with Crippen molar-refractivity contribution in [2.75, 3.05) is 6.61 Å². The second-order valence-corrected chi connectivity index (χ2v) is 5.20. The van der Waals surface area contributed by atoms with Crippen LogP contribution in [0.25, 0.3) is 0 Å². The third-order valence-electron chi connectivity index (χ3n) is 3.50. The van der Waals surface area contributed by atoms with E-state index in [1.165, 1.54) is 18.1 Å². The van der Waals surface area contributed by atoms with Gasteiger partial charge in [-0.2, -0.15) is 0 Å². The smallest absolute Gasteiger partial charge is 0.328 e. The fraction of sp³-hybridized carbons (Fsp3) is 0.467. The first-order chi connectivity index (χ1) is 9.97. The van der Waals surface area contributed by atoms with Gasteiger partial charge in [-0.25, -0.2) is 4.79 Å². The van der Waals surface area contributed by atoms with Crippen LogP contribution in [0.15, 0.2) is 18.2 Å². The minimum absolute atomic E-state index is 0.282. The van der Waals surface area contributed by atoms with Crippen molar-refractivity contribution in [3.8, 4) is 5.75 Å². The molecule has 1 aromatic rings. The number of ether oxygens (including phenoxy) is 1. The van der Waals surface area contributed by atoms with Crippen LogP contribution in [-0.4, -0.2) is 40.8 Å². The van der Waals surface area contributed by atoms with Crippen LogP contribution in [0.1, 0.15) is 24.5 Å². The van der Waals surface area contributed by atoms with E-state index in [4.69, 9.17) is 9.84 Å². The quantitative estimate of drug-likeness (QED) is 0.710. The number of rotatable bonds is 6. The summed E-state index contributed by atoms with van der Waals surface area (Å²) < 4.78 is 5.37. The molecule has 114 valence electrons. The van der Waals surface area contributed by atoms with Crippen molar-refractivity contribution >= 4 is 11.9 Å². The molecule has 21 heavy (non-hydrogen) atoms. The molecular weight excluding hydrogens is 274 g/mol. The first-order valence-electron chi connectivity index (χ1n) is 6.92. The highest BCUT2D eigenvalue weighted by Crippen LogP contribution is 2.25. The van der Waals surface area contributed by atoms with Crippen LogP contribution < -0.4 is 10.1 Å². The zero-order valence-electron chi connectivity index (χ0n) is 11.8. The van der Waals surface area contributed by atoms with Gasteiger partial charge in [0.05, 0.1) is 6.10 Å². The third kappa shape index (κ3) is 3.95. The Morgan fingerprint density at radius 2 is 2.05 bits per heavy atom. The van der Waals surface area contributed by atoms with Crippen molar-refractivity contribution in [3.05, 3.63) is 29.3 Å². The molecule has 0 bridgehead atoms. The summed E-state index contributed by atoms with van der Waals surface area (Å²) in [6.07, 6.45) is 2.05. The second kappa shape index (κ2) is 6.58. The predicted octanol–water partition coefficient (Wildman–Crippen LogP) is 0.504. The van der Waals surface area contributed by atoms with Crippen molar-refractivity contribution in [3.63, 3.8) is 0 Å². The molecule has 0 unspecified atom stereocenters. The number of aliphatic hydroxyl groups excluding tert-OH is 1. The van der Waals surface area contributed by atoms with Crippen molar-refractivity contribution in [2.45, 2.75) is 38.3 Å². The molecule has 6 nitrogen and oxygen atoms in total. The fourth-order valence-electron chi connectivity index (χ4n) is 2.39. The van der Waals surface area contributed by atoms with E-state index in [1.807, 2.05) is 12.1 Å². The molecule has 0 saturated carbocycles. The van der Waals surface area contributed by atoms with Crippen molar-refractivity contribution in [2.24, 2.45) is 0 Å². The average Bonchev–Trinajstić information content (AvgIpc) is 2.89. The number of nitrogens with one attached hydrogen (secondary N) is 1. The molecule has 1 aliphatic rings. The highest BCUT2D eigenvalue weighted by Gasteiger charge is 2.25. The van der Waals surface area contributed by atoms with Crippen LogP contribution in [0, 0.1) is 0 Å². The summed E-state index contributed by atoms with van der Waals surface area (Å²) in [7, 11) is 0. The number of aryl methyl sites for hydroxylation is 2. The van der Waals surface area contributed by atoms with E-state index in [1.54, 1.807) is 6.07 Å². The molecule has 0 spiro atoms. The van der Waals surface area contributed by atoms with Gasteiger partial charge in [0.1, 0.15) is 5.75 Å². The van der Waals surface area contributed by atoms with Crippen LogP contribution in [0.3, 0.4) is 0 Å². The van der Waals surface area contributed by atoms with Gasteiger partial charge in [-0.15, -0.1) is 0 Å². The molecule has 6 heteroatoms. The minimum Gasteiger partial charge on any atom is -0.484 e. The topological polar surface area (TPSA) is 95.9 Å². The predicted molar refractivity (Wildman–Crippen MR) is 75.2 cm³/mol. The van der Waals surface area contributed by atoms with E-state index in [2.05, 4.69) is 5.32 Å². The number of carbonyl (C=O) groups is 2. The number of carbonyl (C=O) groups excluding carboxylic acids is 1. The van der Waals surface area contributed by atoms with Gasteiger partial charge in [-0.05, 0) is 49.4 Å². The fourth-order valence-corrected chi connectivity index (χ4v) is 2.39. The van der Waals surface area contributed by atoms with E-state index in [-0.39, 0.29) is 6.61 Å². The van der Waals surface area contributed by atoms with E-state index in [0.29, 0.717) is 5.75 Å². The van der Waals surface area contributed by atoms with Crippen LogP contribution in [0.5, 0.6) is 5.75 Å². The van der Waals surface area contributed by atoms with Gasteiger partial charge in [0.15, 0.2) is 12.6 Å². The number of carboxylic acid groups (broad SMARTS) is 1. The second-order valence-electron chi connectivity index (χ2n) is 5.20. The number of aliphatic carboxylic acids is 1. The SMILES string of the molecule is C[C@@H](O)[C@H](NC(=O)COc1ccc2c(c1)CCC2)C(=O)O. The summed E-state index contributed by atoms with van der Waals surface area (Å²) >= 11 is 0. The first kappa shape index (κ1) is 15.3. The molecule has 1 aromatic carbocycles. The Hall–Kier alpha value is -2.08. The molecule has 0 saturated heterocycles. The third-order valence-corrected chi connectivity index (χ3v) is 3.50. The molecule has 1 aliphatic carbocycles. The maximum absolute atomic E-state index is 11.7. The summed E-state index contributed by atoms with van der Waals surface area (Å²) in [6, 6.07) is 4.38. The van der Waals surface area contributed by atoms with E-state index < -0.39 is 24.0 Å². The van der Waals surface area contributed by atoms with E-state index in [9.17, 15) is 14.7 Å². The summed E-state index contributed by atoms with van der Waals surface area (Å²) in [5, 5.41) is 20.4.